The molecule has 2 N–H and O–H groups in total. The Labute approximate surface area is 113 Å². The van der Waals surface area contributed by atoms with Crippen LogP contribution in [0.3, 0.4) is 0 Å². The van der Waals surface area contributed by atoms with E-state index in [1.807, 2.05) is 11.8 Å². The Morgan fingerprint density at radius 1 is 1.47 bits per heavy atom. The first-order chi connectivity index (χ1) is 9.13. The first-order valence-corrected chi connectivity index (χ1v) is 6.85. The van der Waals surface area contributed by atoms with Crippen LogP contribution in [-0.2, 0) is 0 Å². The summed E-state index contributed by atoms with van der Waals surface area (Å²) in [5.41, 5.74) is 1.31. The van der Waals surface area contributed by atoms with E-state index >= 15 is 0 Å². The zero-order valence-electron chi connectivity index (χ0n) is 11.3. The van der Waals surface area contributed by atoms with Crippen LogP contribution in [0.2, 0.25) is 0 Å². The molecule has 1 aromatic carbocycles. The number of phenols is 1. The Kier molecular flexibility index (Phi) is 4.43. The van der Waals surface area contributed by atoms with Crippen molar-refractivity contribution in [3.63, 3.8) is 0 Å². The first-order valence-electron chi connectivity index (χ1n) is 6.85. The van der Waals surface area contributed by atoms with Crippen LogP contribution in [0.1, 0.15) is 41.6 Å². The molecule has 1 fully saturated rings. The molecular formula is C15H21NO3. The third-order valence-corrected chi connectivity index (χ3v) is 3.79. The maximum atomic E-state index is 12.4. The quantitative estimate of drug-likeness (QED) is 0.874. The summed E-state index contributed by atoms with van der Waals surface area (Å²) >= 11 is 0. The fourth-order valence-electron chi connectivity index (χ4n) is 2.64. The van der Waals surface area contributed by atoms with Crippen LogP contribution in [0.15, 0.2) is 18.2 Å². The fourth-order valence-corrected chi connectivity index (χ4v) is 2.64. The normalized spacial score (nSPS) is 18.8. The minimum Gasteiger partial charge on any atom is -0.508 e. The number of carbonyl (C=O) groups is 1. The molecule has 1 aliphatic heterocycles. The van der Waals surface area contributed by atoms with Gasteiger partial charge in [0.1, 0.15) is 5.75 Å². The van der Waals surface area contributed by atoms with E-state index < -0.39 is 0 Å². The third-order valence-electron chi connectivity index (χ3n) is 3.79. The maximum absolute atomic E-state index is 12.4. The number of amides is 1. The highest BCUT2D eigenvalue weighted by Crippen LogP contribution is 2.25. The number of aryl methyl sites for hydroxylation is 1. The Balaban J connectivity index is 2.11. The van der Waals surface area contributed by atoms with Gasteiger partial charge in [-0.3, -0.25) is 4.79 Å². The number of benzene rings is 1. The molecule has 1 saturated heterocycles. The highest BCUT2D eigenvalue weighted by atomic mass is 16.3. The number of nitrogens with zero attached hydrogens (tertiary/aromatic N) is 1. The molecule has 2 rings (SSSR count). The Morgan fingerprint density at radius 2 is 2.26 bits per heavy atom. The summed E-state index contributed by atoms with van der Waals surface area (Å²) in [6, 6.07) is 5.29. The van der Waals surface area contributed by atoms with Crippen LogP contribution in [0.4, 0.5) is 0 Å². The van der Waals surface area contributed by atoms with Gasteiger partial charge in [0, 0.05) is 24.8 Å². The Morgan fingerprint density at radius 3 is 2.95 bits per heavy atom. The summed E-state index contributed by atoms with van der Waals surface area (Å²) in [6.45, 7) is 2.75. The molecule has 104 valence electrons. The van der Waals surface area contributed by atoms with Crippen molar-refractivity contribution in [1.82, 2.24) is 4.90 Å². The molecule has 1 aliphatic rings. The molecule has 0 radical (unpaired) electrons. The largest absolute Gasteiger partial charge is 0.508 e. The highest BCUT2D eigenvalue weighted by Gasteiger charge is 2.29. The molecule has 0 bridgehead atoms. The smallest absolute Gasteiger partial charge is 0.254 e. The van der Waals surface area contributed by atoms with Gasteiger partial charge in [0.05, 0.1) is 0 Å². The average molecular weight is 263 g/mol. The van der Waals surface area contributed by atoms with E-state index in [0.717, 1.165) is 37.8 Å². The number of carbonyl (C=O) groups excluding carboxylic acids is 1. The average Bonchev–Trinajstić information content (AvgIpc) is 2.87. The van der Waals surface area contributed by atoms with Gasteiger partial charge in [-0.25, -0.2) is 0 Å². The van der Waals surface area contributed by atoms with E-state index in [9.17, 15) is 9.90 Å². The summed E-state index contributed by atoms with van der Waals surface area (Å²) in [5.74, 6) is 0.146. The molecule has 19 heavy (non-hydrogen) atoms. The van der Waals surface area contributed by atoms with Crippen LogP contribution in [0, 0.1) is 6.92 Å². The third kappa shape index (κ3) is 3.07. The molecule has 4 heteroatoms. The lowest BCUT2D eigenvalue weighted by atomic mass is 10.1. The van der Waals surface area contributed by atoms with Crippen molar-refractivity contribution in [2.24, 2.45) is 0 Å². The van der Waals surface area contributed by atoms with Gasteiger partial charge in [0.15, 0.2) is 0 Å². The van der Waals surface area contributed by atoms with Crippen molar-refractivity contribution in [2.45, 2.75) is 38.6 Å². The van der Waals surface area contributed by atoms with Gasteiger partial charge in [-0.2, -0.15) is 0 Å². The van der Waals surface area contributed by atoms with E-state index in [4.69, 9.17) is 5.11 Å². The van der Waals surface area contributed by atoms with E-state index in [0.29, 0.717) is 5.56 Å². The molecule has 1 atom stereocenters. The number of hydrogen-bond acceptors (Lipinski definition) is 3. The predicted octanol–water partition coefficient (Wildman–Crippen LogP) is 2.08. The van der Waals surface area contributed by atoms with Gasteiger partial charge in [0.2, 0.25) is 0 Å². The highest BCUT2D eigenvalue weighted by molar-refractivity contribution is 5.95. The van der Waals surface area contributed by atoms with Crippen LogP contribution >= 0.6 is 0 Å². The van der Waals surface area contributed by atoms with Gasteiger partial charge in [-0.05, 0) is 50.3 Å². The Bertz CT molecular complexity index is 459. The van der Waals surface area contributed by atoms with Crippen molar-refractivity contribution >= 4 is 5.91 Å². The van der Waals surface area contributed by atoms with Crippen LogP contribution in [-0.4, -0.2) is 40.2 Å². The minimum absolute atomic E-state index is 0.0178. The molecule has 1 unspecified atom stereocenters. The topological polar surface area (TPSA) is 60.8 Å². The number of hydrogen-bond donors (Lipinski definition) is 2. The van der Waals surface area contributed by atoms with Crippen molar-refractivity contribution in [2.75, 3.05) is 13.2 Å². The van der Waals surface area contributed by atoms with Gasteiger partial charge < -0.3 is 15.1 Å². The minimum atomic E-state index is -0.0178. The lowest BCUT2D eigenvalue weighted by Gasteiger charge is -2.24. The second-order valence-corrected chi connectivity index (χ2v) is 5.16. The molecule has 1 amide bonds. The summed E-state index contributed by atoms with van der Waals surface area (Å²) in [6.07, 6.45) is 3.59. The van der Waals surface area contributed by atoms with Crippen molar-refractivity contribution in [1.29, 1.82) is 0 Å². The lowest BCUT2D eigenvalue weighted by molar-refractivity contribution is 0.0724. The summed E-state index contributed by atoms with van der Waals surface area (Å²) in [7, 11) is 0. The van der Waals surface area contributed by atoms with Gasteiger partial charge in [-0.15, -0.1) is 0 Å². The van der Waals surface area contributed by atoms with Gasteiger partial charge in [0.25, 0.3) is 5.91 Å². The fraction of sp³-hybridized carbons (Fsp3) is 0.533. The van der Waals surface area contributed by atoms with Gasteiger partial charge in [-0.1, -0.05) is 6.07 Å². The molecule has 0 spiro atoms. The predicted molar refractivity (Wildman–Crippen MR) is 73.2 cm³/mol. The van der Waals surface area contributed by atoms with Gasteiger partial charge >= 0.3 is 0 Å². The lowest BCUT2D eigenvalue weighted by Crippen LogP contribution is -2.35. The van der Waals surface area contributed by atoms with Crippen LogP contribution in [0.5, 0.6) is 5.75 Å². The molecular weight excluding hydrogens is 242 g/mol. The van der Waals surface area contributed by atoms with E-state index in [2.05, 4.69) is 0 Å². The summed E-state index contributed by atoms with van der Waals surface area (Å²) in [4.78, 5) is 14.3. The summed E-state index contributed by atoms with van der Waals surface area (Å²) in [5, 5.41) is 18.6. The molecule has 0 aliphatic carbocycles. The van der Waals surface area contributed by atoms with Crippen molar-refractivity contribution in [3.05, 3.63) is 29.3 Å². The number of likely N-dealkylation sites (tertiary alicyclic amines) is 1. The van der Waals surface area contributed by atoms with Crippen LogP contribution in [0.25, 0.3) is 0 Å². The van der Waals surface area contributed by atoms with E-state index in [1.54, 1.807) is 18.2 Å². The second kappa shape index (κ2) is 6.06. The number of aliphatic hydroxyl groups excluding tert-OH is 1. The standard InChI is InChI=1S/C15H21NO3/c1-11-6-7-12(10-14(11)18)15(19)16-8-2-4-13(16)5-3-9-17/h6-7,10,13,17-18H,2-5,8-9H2,1H3. The van der Waals surface area contributed by atoms with Crippen LogP contribution < -0.4 is 0 Å². The number of aromatic hydroxyl groups is 1. The number of rotatable bonds is 4. The maximum Gasteiger partial charge on any atom is 0.254 e. The zero-order chi connectivity index (χ0) is 13.8. The first kappa shape index (κ1) is 13.9. The molecule has 1 heterocycles. The van der Waals surface area contributed by atoms with E-state index in [1.165, 1.54) is 0 Å². The number of aliphatic hydroxyl groups is 1. The monoisotopic (exact) mass is 263 g/mol. The summed E-state index contributed by atoms with van der Waals surface area (Å²) < 4.78 is 0. The molecule has 0 saturated carbocycles. The zero-order valence-corrected chi connectivity index (χ0v) is 11.3. The van der Waals surface area contributed by atoms with Crippen molar-refractivity contribution in [3.8, 4) is 5.75 Å². The molecule has 1 aromatic rings. The molecule has 0 aromatic heterocycles. The van der Waals surface area contributed by atoms with Crippen molar-refractivity contribution < 1.29 is 15.0 Å². The second-order valence-electron chi connectivity index (χ2n) is 5.16. The van der Waals surface area contributed by atoms with E-state index in [-0.39, 0.29) is 24.3 Å². The number of phenolic OH excluding ortho intramolecular Hbond substituents is 1. The SMILES string of the molecule is Cc1ccc(C(=O)N2CCCC2CCCO)cc1O. The Hall–Kier alpha value is -1.55. The molecule has 4 nitrogen and oxygen atoms in total.